The molecular weight excluding hydrogens is 374 g/mol. The number of aryl methyl sites for hydroxylation is 1. The average Bonchev–Trinajstić information content (AvgIpc) is 2.79. The molecule has 2 aromatic rings. The van der Waals surface area contributed by atoms with Crippen molar-refractivity contribution in [3.8, 4) is 0 Å². The van der Waals surface area contributed by atoms with Gasteiger partial charge in [0.1, 0.15) is 5.82 Å². The first-order valence-corrected chi connectivity index (χ1v) is 10.6. The molecule has 3 rings (SSSR count). The molecule has 9 heteroatoms. The van der Waals surface area contributed by atoms with Crippen LogP contribution in [0, 0.1) is 11.7 Å². The first kappa shape index (κ1) is 18.9. The third-order valence-corrected chi connectivity index (χ3v) is 5.77. The van der Waals surface area contributed by atoms with Gasteiger partial charge in [0.05, 0.1) is 22.4 Å². The number of aromatic nitrogens is 2. The van der Waals surface area contributed by atoms with Crippen LogP contribution in [0.2, 0.25) is 5.02 Å². The molecule has 0 bridgehead atoms. The minimum Gasteiger partial charge on any atom is -0.379 e. The van der Waals surface area contributed by atoms with Crippen molar-refractivity contribution in [1.29, 1.82) is 4.78 Å². The Kier molecular flexibility index (Phi) is 5.36. The van der Waals surface area contributed by atoms with Gasteiger partial charge < -0.3 is 15.4 Å². The van der Waals surface area contributed by atoms with E-state index < -0.39 is 9.73 Å². The highest BCUT2D eigenvalue weighted by atomic mass is 35.5. The summed E-state index contributed by atoms with van der Waals surface area (Å²) in [4.78, 5) is 11.0. The summed E-state index contributed by atoms with van der Waals surface area (Å²) in [5.41, 5.74) is 7.37. The maximum Gasteiger partial charge on any atom is 0.222 e. The maximum absolute atomic E-state index is 12.2. The number of nitrogen functional groups attached to an aromatic ring is 1. The molecule has 2 heterocycles. The highest BCUT2D eigenvalue weighted by Gasteiger charge is 2.27. The van der Waals surface area contributed by atoms with Crippen LogP contribution in [-0.4, -0.2) is 40.2 Å². The number of ether oxygens (including phenoxy) is 1. The first-order valence-electron chi connectivity index (χ1n) is 8.24. The minimum atomic E-state index is -2.85. The molecule has 26 heavy (non-hydrogen) atoms. The van der Waals surface area contributed by atoms with Gasteiger partial charge in [-0.15, -0.1) is 0 Å². The molecule has 1 aromatic carbocycles. The van der Waals surface area contributed by atoms with Crippen molar-refractivity contribution in [3.05, 3.63) is 40.5 Å². The number of hydrogen-bond acceptors (Lipinski definition) is 7. The molecule has 1 aromatic heterocycles. The fourth-order valence-corrected chi connectivity index (χ4v) is 3.97. The van der Waals surface area contributed by atoms with Gasteiger partial charge in [0.25, 0.3) is 0 Å². The molecule has 0 unspecified atom stereocenters. The summed E-state index contributed by atoms with van der Waals surface area (Å²) in [7, 11) is -2.85. The van der Waals surface area contributed by atoms with Crippen molar-refractivity contribution in [2.24, 2.45) is 0 Å². The van der Waals surface area contributed by atoms with Crippen molar-refractivity contribution in [2.75, 3.05) is 36.6 Å². The molecule has 2 atom stereocenters. The van der Waals surface area contributed by atoms with Gasteiger partial charge in [0, 0.05) is 41.1 Å². The van der Waals surface area contributed by atoms with Crippen molar-refractivity contribution in [1.82, 2.24) is 9.97 Å². The Hall–Kier alpha value is -1.90. The Balaban J connectivity index is 2.10. The summed E-state index contributed by atoms with van der Waals surface area (Å²) < 4.78 is 25.8. The van der Waals surface area contributed by atoms with Crippen LogP contribution in [-0.2, 0) is 14.5 Å². The average molecular weight is 396 g/mol. The second-order valence-corrected chi connectivity index (χ2v) is 8.96. The molecule has 1 aliphatic heterocycles. The fourth-order valence-electron chi connectivity index (χ4n) is 3.05. The molecule has 1 fully saturated rings. The molecular formula is C17H22ClN5O2S. The smallest absolute Gasteiger partial charge is 0.222 e. The summed E-state index contributed by atoms with van der Waals surface area (Å²) >= 11 is 6.45. The van der Waals surface area contributed by atoms with Crippen molar-refractivity contribution < 1.29 is 8.95 Å². The molecule has 7 nitrogen and oxygen atoms in total. The van der Waals surface area contributed by atoms with Crippen molar-refractivity contribution in [2.45, 2.75) is 24.3 Å². The minimum absolute atomic E-state index is 0.214. The Labute approximate surface area is 158 Å². The SMILES string of the molecule is Cc1cc(N2CCCOC[C@H]2c2cc([S@@](C)(=N)=O)ccc2Cl)nc(N)n1. The van der Waals surface area contributed by atoms with Crippen molar-refractivity contribution in [3.63, 3.8) is 0 Å². The van der Waals surface area contributed by atoms with Crippen LogP contribution in [0.25, 0.3) is 0 Å². The van der Waals surface area contributed by atoms with E-state index in [0.29, 0.717) is 35.5 Å². The van der Waals surface area contributed by atoms with Gasteiger partial charge in [-0.3, -0.25) is 0 Å². The van der Waals surface area contributed by atoms with E-state index in [4.69, 9.17) is 26.9 Å². The summed E-state index contributed by atoms with van der Waals surface area (Å²) in [6.07, 6.45) is 2.23. The van der Waals surface area contributed by atoms with E-state index in [2.05, 4.69) is 14.9 Å². The van der Waals surface area contributed by atoms with E-state index in [1.54, 1.807) is 18.2 Å². The number of rotatable bonds is 3. The topological polar surface area (TPSA) is 105 Å². The van der Waals surface area contributed by atoms with Gasteiger partial charge in [-0.05, 0) is 37.1 Å². The van der Waals surface area contributed by atoms with Gasteiger partial charge in [0.2, 0.25) is 5.95 Å². The van der Waals surface area contributed by atoms with Crippen LogP contribution in [0.15, 0.2) is 29.2 Å². The van der Waals surface area contributed by atoms with Crippen LogP contribution < -0.4 is 10.6 Å². The Morgan fingerprint density at radius 3 is 2.85 bits per heavy atom. The van der Waals surface area contributed by atoms with E-state index >= 15 is 0 Å². The number of anilines is 2. The fraction of sp³-hybridized carbons (Fsp3) is 0.412. The molecule has 1 aliphatic rings. The zero-order valence-corrected chi connectivity index (χ0v) is 16.3. The van der Waals surface area contributed by atoms with Crippen LogP contribution in [0.1, 0.15) is 23.7 Å². The Morgan fingerprint density at radius 2 is 2.15 bits per heavy atom. The van der Waals surface area contributed by atoms with Gasteiger partial charge in [-0.25, -0.2) is 14.0 Å². The quantitative estimate of drug-likeness (QED) is 0.827. The van der Waals surface area contributed by atoms with E-state index in [0.717, 1.165) is 17.7 Å². The van der Waals surface area contributed by atoms with Crippen LogP contribution >= 0.6 is 11.6 Å². The molecule has 0 spiro atoms. The molecule has 0 saturated carbocycles. The van der Waals surface area contributed by atoms with E-state index in [-0.39, 0.29) is 12.0 Å². The standard InChI is InChI=1S/C17H22ClN5O2S/c1-11-8-16(22-17(19)21-11)23-6-3-7-25-10-15(23)13-9-12(26(2,20)24)4-5-14(13)18/h4-5,8-9,15,20H,3,6-7,10H2,1-2H3,(H2,19,21,22)/t15-,26-/m0/s1. The second kappa shape index (κ2) is 7.38. The number of nitrogens with two attached hydrogens (primary N) is 1. The third-order valence-electron chi connectivity index (χ3n) is 4.27. The lowest BCUT2D eigenvalue weighted by atomic mass is 10.1. The van der Waals surface area contributed by atoms with Crippen molar-refractivity contribution >= 4 is 33.1 Å². The highest BCUT2D eigenvalue weighted by Crippen LogP contribution is 2.34. The molecule has 0 aliphatic carbocycles. The predicted octanol–water partition coefficient (Wildman–Crippen LogP) is 3.02. The molecule has 140 valence electrons. The zero-order chi connectivity index (χ0) is 18.9. The summed E-state index contributed by atoms with van der Waals surface area (Å²) in [6.45, 7) is 3.62. The van der Waals surface area contributed by atoms with Gasteiger partial charge >= 0.3 is 0 Å². The lowest BCUT2D eigenvalue weighted by Crippen LogP contribution is -2.32. The summed E-state index contributed by atoms with van der Waals surface area (Å²) in [6, 6.07) is 6.71. The van der Waals surface area contributed by atoms with Crippen LogP contribution in [0.4, 0.5) is 11.8 Å². The monoisotopic (exact) mass is 395 g/mol. The van der Waals surface area contributed by atoms with Crippen LogP contribution in [0.3, 0.4) is 0 Å². The van der Waals surface area contributed by atoms with E-state index in [1.165, 1.54) is 6.26 Å². The predicted molar refractivity (Wildman–Crippen MR) is 103 cm³/mol. The lowest BCUT2D eigenvalue weighted by Gasteiger charge is -2.31. The van der Waals surface area contributed by atoms with Gasteiger partial charge in [0.15, 0.2) is 0 Å². The van der Waals surface area contributed by atoms with Gasteiger partial charge in [-0.1, -0.05) is 11.6 Å². The second-order valence-electron chi connectivity index (χ2n) is 6.39. The number of benzene rings is 1. The number of nitrogens with one attached hydrogen (secondary N) is 1. The third kappa shape index (κ3) is 4.08. The van der Waals surface area contributed by atoms with Gasteiger partial charge in [-0.2, -0.15) is 4.98 Å². The number of halogens is 1. The largest absolute Gasteiger partial charge is 0.379 e. The summed E-state index contributed by atoms with van der Waals surface area (Å²) in [5, 5.41) is 0.539. The summed E-state index contributed by atoms with van der Waals surface area (Å²) in [5.74, 6) is 0.918. The molecule has 0 radical (unpaired) electrons. The van der Waals surface area contributed by atoms with E-state index in [9.17, 15) is 4.21 Å². The normalized spacial score (nSPS) is 20.4. The highest BCUT2D eigenvalue weighted by molar-refractivity contribution is 7.91. The molecule has 1 saturated heterocycles. The number of nitrogens with zero attached hydrogens (tertiary/aromatic N) is 3. The Morgan fingerprint density at radius 1 is 1.38 bits per heavy atom. The molecule has 3 N–H and O–H groups in total. The lowest BCUT2D eigenvalue weighted by molar-refractivity contribution is 0.134. The van der Waals surface area contributed by atoms with Crippen LogP contribution in [0.5, 0.6) is 0 Å². The molecule has 0 amide bonds. The number of hydrogen-bond donors (Lipinski definition) is 2. The zero-order valence-electron chi connectivity index (χ0n) is 14.7. The van der Waals surface area contributed by atoms with E-state index in [1.807, 2.05) is 13.0 Å². The Bertz CT molecular complexity index is 899. The first-order chi connectivity index (χ1) is 12.3. The maximum atomic E-state index is 12.2.